The molecule has 0 amide bonds. The topological polar surface area (TPSA) is 80.3 Å². The van der Waals surface area contributed by atoms with Gasteiger partial charge in [-0.2, -0.15) is 0 Å². The third-order valence-corrected chi connectivity index (χ3v) is 5.69. The summed E-state index contributed by atoms with van der Waals surface area (Å²) >= 11 is 0. The second-order valence-corrected chi connectivity index (χ2v) is 8.13. The van der Waals surface area contributed by atoms with Crippen LogP contribution in [-0.4, -0.2) is 50.3 Å². The molecule has 1 saturated heterocycles. The van der Waals surface area contributed by atoms with E-state index in [1.165, 1.54) is 0 Å². The summed E-state index contributed by atoms with van der Waals surface area (Å²) in [6.07, 6.45) is 3.76. The standard InChI is InChI=1S/C24H34O7/c1-4-6-13-29-24(30-14-7-5-2)12-16-27-21(24)18-9-8-10-19-20(18)23(26)31-17(3)11-15-28-22(19)25/h8-10,17,21H,4-7,11-16H2,1-3H3. The molecule has 0 spiro atoms. The molecule has 1 aromatic rings. The molecule has 0 aromatic heterocycles. The van der Waals surface area contributed by atoms with Crippen molar-refractivity contribution < 1.29 is 33.3 Å². The summed E-state index contributed by atoms with van der Waals surface area (Å²) in [7, 11) is 0. The van der Waals surface area contributed by atoms with Crippen LogP contribution in [0.25, 0.3) is 0 Å². The van der Waals surface area contributed by atoms with E-state index in [1.54, 1.807) is 25.1 Å². The van der Waals surface area contributed by atoms with Crippen LogP contribution in [0.4, 0.5) is 0 Å². The van der Waals surface area contributed by atoms with Crippen molar-refractivity contribution in [2.45, 2.75) is 77.3 Å². The first-order chi connectivity index (χ1) is 15.0. The van der Waals surface area contributed by atoms with Crippen LogP contribution >= 0.6 is 0 Å². The largest absolute Gasteiger partial charge is 0.462 e. The maximum atomic E-state index is 13.1. The molecule has 2 unspecified atom stereocenters. The SMILES string of the molecule is CCCCOC1(OCCCC)CCOC1c1cccc2c1C(=O)OC(C)CCOC2=O. The molecule has 31 heavy (non-hydrogen) atoms. The first kappa shape index (κ1) is 23.7. The van der Waals surface area contributed by atoms with Crippen LogP contribution in [0.3, 0.4) is 0 Å². The number of esters is 2. The second kappa shape index (κ2) is 11.1. The molecule has 1 aromatic carbocycles. The van der Waals surface area contributed by atoms with Crippen LogP contribution in [0.2, 0.25) is 0 Å². The van der Waals surface area contributed by atoms with Crippen LogP contribution in [0.15, 0.2) is 18.2 Å². The lowest BCUT2D eigenvalue weighted by Crippen LogP contribution is -2.40. The van der Waals surface area contributed by atoms with E-state index >= 15 is 0 Å². The summed E-state index contributed by atoms with van der Waals surface area (Å²) < 4.78 is 29.6. The van der Waals surface area contributed by atoms with E-state index in [4.69, 9.17) is 23.7 Å². The molecule has 0 N–H and O–H groups in total. The van der Waals surface area contributed by atoms with E-state index in [0.29, 0.717) is 38.2 Å². The van der Waals surface area contributed by atoms with Gasteiger partial charge in [-0.15, -0.1) is 0 Å². The van der Waals surface area contributed by atoms with Gasteiger partial charge in [0.1, 0.15) is 12.2 Å². The zero-order chi connectivity index (χ0) is 22.3. The average molecular weight is 435 g/mol. The highest BCUT2D eigenvalue weighted by atomic mass is 16.7. The van der Waals surface area contributed by atoms with Crippen molar-refractivity contribution in [1.82, 2.24) is 0 Å². The minimum atomic E-state index is -1.01. The molecule has 2 aliphatic heterocycles. The monoisotopic (exact) mass is 434 g/mol. The fourth-order valence-corrected chi connectivity index (χ4v) is 3.90. The molecule has 0 bridgehead atoms. The molecule has 172 valence electrons. The Balaban J connectivity index is 2.02. The number of ether oxygens (including phenoxy) is 5. The zero-order valence-corrected chi connectivity index (χ0v) is 18.8. The number of cyclic esters (lactones) is 2. The minimum absolute atomic E-state index is 0.177. The molecular weight excluding hydrogens is 400 g/mol. The van der Waals surface area contributed by atoms with Gasteiger partial charge in [-0.3, -0.25) is 0 Å². The maximum Gasteiger partial charge on any atom is 0.339 e. The highest BCUT2D eigenvalue weighted by Crippen LogP contribution is 2.44. The summed E-state index contributed by atoms with van der Waals surface area (Å²) in [4.78, 5) is 25.8. The van der Waals surface area contributed by atoms with Crippen molar-refractivity contribution in [3.05, 3.63) is 34.9 Å². The number of rotatable bonds is 9. The number of hydrogen-bond donors (Lipinski definition) is 0. The van der Waals surface area contributed by atoms with Gasteiger partial charge in [0.15, 0.2) is 0 Å². The van der Waals surface area contributed by atoms with Crippen molar-refractivity contribution in [3.63, 3.8) is 0 Å². The molecule has 0 radical (unpaired) electrons. The Morgan fingerprint density at radius 1 is 1.03 bits per heavy atom. The van der Waals surface area contributed by atoms with E-state index in [2.05, 4.69) is 13.8 Å². The van der Waals surface area contributed by atoms with Crippen LogP contribution in [0.1, 0.15) is 91.7 Å². The van der Waals surface area contributed by atoms with Gasteiger partial charge in [-0.25, -0.2) is 9.59 Å². The molecule has 2 aliphatic rings. The number of carbonyl (C=O) groups excluding carboxylic acids is 2. The van der Waals surface area contributed by atoms with E-state index in [-0.39, 0.29) is 23.8 Å². The van der Waals surface area contributed by atoms with Crippen LogP contribution in [-0.2, 0) is 23.7 Å². The van der Waals surface area contributed by atoms with Crippen LogP contribution in [0, 0.1) is 0 Å². The molecule has 1 fully saturated rings. The number of unbranched alkanes of at least 4 members (excludes halogenated alkanes) is 2. The summed E-state index contributed by atoms with van der Waals surface area (Å²) in [6, 6.07) is 5.10. The fraction of sp³-hybridized carbons (Fsp3) is 0.667. The van der Waals surface area contributed by atoms with Gasteiger partial charge in [0, 0.05) is 18.4 Å². The van der Waals surface area contributed by atoms with Crippen LogP contribution < -0.4 is 0 Å². The van der Waals surface area contributed by atoms with Crippen molar-refractivity contribution in [2.24, 2.45) is 0 Å². The summed E-state index contributed by atoms with van der Waals surface area (Å²) in [5.74, 6) is -2.10. The number of carbonyl (C=O) groups is 2. The molecule has 0 aliphatic carbocycles. The van der Waals surface area contributed by atoms with E-state index in [9.17, 15) is 9.59 Å². The molecule has 2 atom stereocenters. The lowest BCUT2D eigenvalue weighted by atomic mass is 9.92. The van der Waals surface area contributed by atoms with Crippen molar-refractivity contribution in [3.8, 4) is 0 Å². The molecular formula is C24H34O7. The van der Waals surface area contributed by atoms with Gasteiger partial charge >= 0.3 is 11.9 Å². The Morgan fingerprint density at radius 3 is 2.42 bits per heavy atom. The zero-order valence-electron chi connectivity index (χ0n) is 18.8. The van der Waals surface area contributed by atoms with E-state index < -0.39 is 23.8 Å². The smallest absolute Gasteiger partial charge is 0.339 e. The number of hydrogen-bond acceptors (Lipinski definition) is 7. The van der Waals surface area contributed by atoms with E-state index in [0.717, 1.165) is 25.7 Å². The van der Waals surface area contributed by atoms with Crippen molar-refractivity contribution in [2.75, 3.05) is 26.4 Å². The molecule has 3 rings (SSSR count). The summed E-state index contributed by atoms with van der Waals surface area (Å²) in [5.41, 5.74) is 0.901. The highest BCUT2D eigenvalue weighted by molar-refractivity contribution is 6.04. The molecule has 7 heteroatoms. The molecule has 2 heterocycles. The summed E-state index contributed by atoms with van der Waals surface area (Å²) in [5, 5.41) is 0. The molecule has 7 nitrogen and oxygen atoms in total. The van der Waals surface area contributed by atoms with Gasteiger partial charge in [0.25, 0.3) is 0 Å². The first-order valence-corrected chi connectivity index (χ1v) is 11.4. The predicted molar refractivity (Wildman–Crippen MR) is 114 cm³/mol. The van der Waals surface area contributed by atoms with Gasteiger partial charge in [-0.05, 0) is 25.8 Å². The number of fused-ring (bicyclic) bond motifs is 1. The van der Waals surface area contributed by atoms with Gasteiger partial charge in [0.2, 0.25) is 5.79 Å². The number of benzene rings is 1. The predicted octanol–water partition coefficient (Wildman–Crippen LogP) is 4.58. The minimum Gasteiger partial charge on any atom is -0.462 e. The van der Waals surface area contributed by atoms with Crippen molar-refractivity contribution >= 4 is 11.9 Å². The second-order valence-electron chi connectivity index (χ2n) is 8.13. The van der Waals surface area contributed by atoms with E-state index in [1.807, 2.05) is 0 Å². The average Bonchev–Trinajstić information content (AvgIpc) is 3.18. The normalized spacial score (nSPS) is 23.3. The fourth-order valence-electron chi connectivity index (χ4n) is 3.90. The Morgan fingerprint density at radius 2 is 1.74 bits per heavy atom. The van der Waals surface area contributed by atoms with Crippen LogP contribution in [0.5, 0.6) is 0 Å². The third kappa shape index (κ3) is 5.45. The Bertz CT molecular complexity index is 750. The maximum absolute atomic E-state index is 13.1. The Hall–Kier alpha value is -1.96. The van der Waals surface area contributed by atoms with Gasteiger partial charge in [-0.1, -0.05) is 38.8 Å². The Kier molecular flexibility index (Phi) is 8.46. The van der Waals surface area contributed by atoms with Gasteiger partial charge < -0.3 is 23.7 Å². The van der Waals surface area contributed by atoms with Gasteiger partial charge in [0.05, 0.1) is 37.6 Å². The molecule has 0 saturated carbocycles. The van der Waals surface area contributed by atoms with Crippen molar-refractivity contribution in [1.29, 1.82) is 0 Å². The quantitative estimate of drug-likeness (QED) is 0.320. The Labute approximate surface area is 184 Å². The highest BCUT2D eigenvalue weighted by Gasteiger charge is 2.49. The lowest BCUT2D eigenvalue weighted by molar-refractivity contribution is -0.262. The summed E-state index contributed by atoms with van der Waals surface area (Å²) in [6.45, 7) is 7.67. The third-order valence-electron chi connectivity index (χ3n) is 5.69. The first-order valence-electron chi connectivity index (χ1n) is 11.4. The lowest BCUT2D eigenvalue weighted by Gasteiger charge is -2.35.